The molecule has 9 nitrogen and oxygen atoms in total. The molecule has 0 spiro atoms. The largest absolute Gasteiger partial charge is 0.496 e. The Morgan fingerprint density at radius 2 is 2.09 bits per heavy atom. The predicted octanol–water partition coefficient (Wildman–Crippen LogP) is 3.60. The summed E-state index contributed by atoms with van der Waals surface area (Å²) in [6.07, 6.45) is 2.03. The Labute approximate surface area is 194 Å². The van der Waals surface area contributed by atoms with Crippen LogP contribution in [0.5, 0.6) is 5.75 Å². The molecule has 0 atom stereocenters. The number of hydrogen-bond donors (Lipinski definition) is 2. The van der Waals surface area contributed by atoms with Crippen LogP contribution in [-0.4, -0.2) is 55.6 Å². The number of carbonyl (C=O) groups excluding carboxylic acids is 1. The average molecular weight is 493 g/mol. The molecular weight excluding hydrogens is 470 g/mol. The van der Waals surface area contributed by atoms with Gasteiger partial charge in [-0.25, -0.2) is 23.3 Å². The van der Waals surface area contributed by atoms with Crippen LogP contribution in [0, 0.1) is 11.6 Å². The predicted molar refractivity (Wildman–Crippen MR) is 121 cm³/mol. The molecule has 3 heterocycles. The summed E-state index contributed by atoms with van der Waals surface area (Å²) < 4.78 is 66.4. The van der Waals surface area contributed by atoms with Crippen molar-refractivity contribution in [1.82, 2.24) is 19.0 Å². The van der Waals surface area contributed by atoms with E-state index in [0.29, 0.717) is 28.9 Å². The molecular formula is C22H22F2N4O5S. The van der Waals surface area contributed by atoms with Crippen LogP contribution >= 0.6 is 0 Å². The van der Waals surface area contributed by atoms with E-state index in [1.165, 1.54) is 25.3 Å². The third-order valence-corrected chi connectivity index (χ3v) is 6.82. The Morgan fingerprint density at radius 3 is 2.76 bits per heavy atom. The van der Waals surface area contributed by atoms with Crippen molar-refractivity contribution in [3.8, 4) is 16.9 Å². The summed E-state index contributed by atoms with van der Waals surface area (Å²) in [5.41, 5.74) is 2.19. The number of amides is 1. The third-order valence-electron chi connectivity index (χ3n) is 5.39. The van der Waals surface area contributed by atoms with Gasteiger partial charge in [0.05, 0.1) is 19.9 Å². The highest BCUT2D eigenvalue weighted by molar-refractivity contribution is 7.87. The Balaban J connectivity index is 1.66. The van der Waals surface area contributed by atoms with Gasteiger partial charge in [-0.1, -0.05) is 6.08 Å². The SMILES string of the molecule is CCOC(=O)NS(=O)(=O)N1CC=C(c2cc3c(-c4cc(F)ccc4OC)c(F)cnc3[nH]2)CC1. The number of nitrogens with zero attached hydrogens (tertiary/aromatic N) is 2. The molecule has 0 saturated carbocycles. The smallest absolute Gasteiger partial charge is 0.421 e. The number of nitrogens with one attached hydrogen (secondary N) is 2. The van der Waals surface area contributed by atoms with Gasteiger partial charge in [0.15, 0.2) is 0 Å². The number of hydrogen-bond acceptors (Lipinski definition) is 6. The van der Waals surface area contributed by atoms with Crippen molar-refractivity contribution in [3.05, 3.63) is 53.9 Å². The molecule has 3 aromatic rings. The van der Waals surface area contributed by atoms with E-state index in [2.05, 4.69) is 14.7 Å². The Bertz CT molecular complexity index is 1390. The zero-order chi connectivity index (χ0) is 24.5. The molecule has 180 valence electrons. The Hall–Kier alpha value is -3.51. The molecule has 0 fully saturated rings. The topological polar surface area (TPSA) is 114 Å². The number of methoxy groups -OCH3 is 1. The number of fused-ring (bicyclic) bond motifs is 1. The van der Waals surface area contributed by atoms with Crippen molar-refractivity contribution < 1.29 is 31.5 Å². The van der Waals surface area contributed by atoms with Crippen LogP contribution in [0.3, 0.4) is 0 Å². The lowest BCUT2D eigenvalue weighted by Gasteiger charge is -2.25. The van der Waals surface area contributed by atoms with Gasteiger partial charge in [-0.2, -0.15) is 12.7 Å². The Morgan fingerprint density at radius 1 is 1.29 bits per heavy atom. The molecule has 1 amide bonds. The monoisotopic (exact) mass is 492 g/mol. The maximum absolute atomic E-state index is 14.9. The number of rotatable bonds is 6. The fraction of sp³-hybridized carbons (Fsp3) is 0.273. The number of ether oxygens (including phenoxy) is 2. The van der Waals surface area contributed by atoms with E-state index in [0.717, 1.165) is 16.1 Å². The maximum Gasteiger partial charge on any atom is 0.421 e. The maximum atomic E-state index is 14.9. The minimum Gasteiger partial charge on any atom is -0.496 e. The van der Waals surface area contributed by atoms with Gasteiger partial charge in [0.25, 0.3) is 0 Å². The minimum absolute atomic E-state index is 0.0196. The van der Waals surface area contributed by atoms with Crippen LogP contribution in [-0.2, 0) is 14.9 Å². The number of halogens is 2. The van der Waals surface area contributed by atoms with E-state index in [9.17, 15) is 22.0 Å². The highest BCUT2D eigenvalue weighted by atomic mass is 32.2. The molecule has 0 saturated heterocycles. The molecule has 0 bridgehead atoms. The van der Waals surface area contributed by atoms with Crippen molar-refractivity contribution in [1.29, 1.82) is 0 Å². The van der Waals surface area contributed by atoms with Crippen LogP contribution in [0.1, 0.15) is 19.0 Å². The van der Waals surface area contributed by atoms with Crippen molar-refractivity contribution >= 4 is 32.9 Å². The average Bonchev–Trinajstić information content (AvgIpc) is 3.23. The van der Waals surface area contributed by atoms with E-state index in [1.54, 1.807) is 19.1 Å². The second-order valence-electron chi connectivity index (χ2n) is 7.44. The first kappa shape index (κ1) is 23.6. The molecule has 0 aliphatic carbocycles. The lowest BCUT2D eigenvalue weighted by Crippen LogP contribution is -2.45. The zero-order valence-electron chi connectivity index (χ0n) is 18.4. The van der Waals surface area contributed by atoms with E-state index >= 15 is 0 Å². The fourth-order valence-electron chi connectivity index (χ4n) is 3.82. The van der Waals surface area contributed by atoms with Gasteiger partial charge in [0.2, 0.25) is 0 Å². The first-order chi connectivity index (χ1) is 16.2. The standard InChI is InChI=1S/C22H22F2N4O5S/c1-3-33-22(29)27-34(30,31)28-8-6-13(7-9-28)18-11-16-20(17(24)12-25-21(16)26-18)15-10-14(23)4-5-19(15)32-2/h4-6,10-12H,3,7-9H2,1-2H3,(H,25,26)(H,27,29). The molecule has 2 N–H and O–H groups in total. The van der Waals surface area contributed by atoms with Gasteiger partial charge in [0.1, 0.15) is 23.0 Å². The van der Waals surface area contributed by atoms with Crippen molar-refractivity contribution in [2.24, 2.45) is 0 Å². The van der Waals surface area contributed by atoms with Crippen LogP contribution < -0.4 is 9.46 Å². The molecule has 4 rings (SSSR count). The highest BCUT2D eigenvalue weighted by Gasteiger charge is 2.27. The number of aromatic amines is 1. The van der Waals surface area contributed by atoms with Gasteiger partial charge in [-0.05, 0) is 43.2 Å². The number of benzene rings is 1. The first-order valence-corrected chi connectivity index (χ1v) is 11.8. The molecule has 1 aliphatic rings. The normalized spacial score (nSPS) is 14.6. The second-order valence-corrected chi connectivity index (χ2v) is 9.11. The van der Waals surface area contributed by atoms with Crippen LogP contribution in [0.15, 0.2) is 36.5 Å². The molecule has 34 heavy (non-hydrogen) atoms. The van der Waals surface area contributed by atoms with Crippen molar-refractivity contribution in [2.45, 2.75) is 13.3 Å². The van der Waals surface area contributed by atoms with E-state index < -0.39 is 27.9 Å². The highest BCUT2D eigenvalue weighted by Crippen LogP contribution is 2.38. The van der Waals surface area contributed by atoms with Gasteiger partial charge in [0, 0.05) is 35.3 Å². The molecule has 2 aromatic heterocycles. The molecule has 1 aliphatic heterocycles. The van der Waals surface area contributed by atoms with Gasteiger partial charge in [-0.15, -0.1) is 0 Å². The molecule has 12 heteroatoms. The summed E-state index contributed by atoms with van der Waals surface area (Å²) in [6.45, 7) is 1.75. The second kappa shape index (κ2) is 9.39. The minimum atomic E-state index is -4.05. The lowest BCUT2D eigenvalue weighted by molar-refractivity contribution is 0.158. The number of carbonyl (C=O) groups is 1. The van der Waals surface area contributed by atoms with Crippen molar-refractivity contribution in [3.63, 3.8) is 0 Å². The quantitative estimate of drug-likeness (QED) is 0.544. The summed E-state index contributed by atoms with van der Waals surface area (Å²) in [6, 6.07) is 5.54. The van der Waals surface area contributed by atoms with Gasteiger partial charge in [-0.3, -0.25) is 0 Å². The van der Waals surface area contributed by atoms with Crippen LogP contribution in [0.25, 0.3) is 27.7 Å². The van der Waals surface area contributed by atoms with Gasteiger partial charge >= 0.3 is 16.3 Å². The molecule has 0 unspecified atom stereocenters. The first-order valence-electron chi connectivity index (χ1n) is 10.4. The van der Waals surface area contributed by atoms with Crippen molar-refractivity contribution in [2.75, 3.05) is 26.8 Å². The number of H-pyrrole nitrogens is 1. The lowest BCUT2D eigenvalue weighted by atomic mass is 10.0. The van der Waals surface area contributed by atoms with Crippen LogP contribution in [0.2, 0.25) is 0 Å². The molecule has 0 radical (unpaired) electrons. The summed E-state index contributed by atoms with van der Waals surface area (Å²) in [4.78, 5) is 18.7. The zero-order valence-corrected chi connectivity index (χ0v) is 19.2. The summed E-state index contributed by atoms with van der Waals surface area (Å²) in [7, 11) is -2.64. The third kappa shape index (κ3) is 4.59. The Kier molecular flexibility index (Phi) is 6.53. The summed E-state index contributed by atoms with van der Waals surface area (Å²) >= 11 is 0. The summed E-state index contributed by atoms with van der Waals surface area (Å²) in [5, 5.41) is 0.429. The summed E-state index contributed by atoms with van der Waals surface area (Å²) in [5.74, 6) is -0.868. The fourth-order valence-corrected chi connectivity index (χ4v) is 4.82. The van der Waals surface area contributed by atoms with Gasteiger partial charge < -0.3 is 14.5 Å². The van der Waals surface area contributed by atoms with E-state index in [4.69, 9.17) is 4.74 Å². The number of pyridine rings is 1. The molecule has 1 aromatic carbocycles. The van der Waals surface area contributed by atoms with Crippen LogP contribution in [0.4, 0.5) is 13.6 Å². The van der Waals surface area contributed by atoms with E-state index in [1.807, 2.05) is 4.72 Å². The van der Waals surface area contributed by atoms with E-state index in [-0.39, 0.29) is 30.8 Å². The number of aromatic nitrogens is 2.